The van der Waals surface area contributed by atoms with Crippen molar-refractivity contribution < 1.29 is 13.9 Å². The van der Waals surface area contributed by atoms with Crippen molar-refractivity contribution >= 4 is 0 Å². The maximum atomic E-state index is 13.7. The molecule has 0 aliphatic rings. The number of methoxy groups -OCH3 is 2. The van der Waals surface area contributed by atoms with E-state index in [0.29, 0.717) is 24.5 Å². The van der Waals surface area contributed by atoms with Gasteiger partial charge in [-0.2, -0.15) is 0 Å². The third-order valence-electron chi connectivity index (χ3n) is 2.86. The first kappa shape index (κ1) is 15.9. The Kier molecular flexibility index (Phi) is 7.40. The van der Waals surface area contributed by atoms with Gasteiger partial charge in [-0.15, -0.1) is 0 Å². The van der Waals surface area contributed by atoms with Crippen LogP contribution in [0.3, 0.4) is 0 Å². The van der Waals surface area contributed by atoms with E-state index in [9.17, 15) is 4.39 Å². The van der Waals surface area contributed by atoms with Crippen LogP contribution >= 0.6 is 0 Å². The van der Waals surface area contributed by atoms with E-state index in [4.69, 9.17) is 9.47 Å². The second kappa shape index (κ2) is 8.85. The minimum atomic E-state index is -0.244. The van der Waals surface area contributed by atoms with Crippen molar-refractivity contribution in [3.05, 3.63) is 29.6 Å². The van der Waals surface area contributed by atoms with Crippen molar-refractivity contribution in [2.45, 2.75) is 19.5 Å². The summed E-state index contributed by atoms with van der Waals surface area (Å²) in [7, 11) is 3.22. The van der Waals surface area contributed by atoms with Crippen LogP contribution in [-0.4, -0.2) is 40.0 Å². The summed E-state index contributed by atoms with van der Waals surface area (Å²) in [4.78, 5) is 0. The molecule has 1 aromatic carbocycles. The van der Waals surface area contributed by atoms with E-state index in [1.165, 1.54) is 6.07 Å². The van der Waals surface area contributed by atoms with Crippen LogP contribution in [0.2, 0.25) is 0 Å². The summed E-state index contributed by atoms with van der Waals surface area (Å²) in [6, 6.07) is 5.09. The van der Waals surface area contributed by atoms with Gasteiger partial charge in [0, 0.05) is 38.3 Å². The zero-order valence-corrected chi connectivity index (χ0v) is 11.8. The lowest BCUT2D eigenvalue weighted by Gasteiger charge is -2.16. The highest BCUT2D eigenvalue weighted by Gasteiger charge is 2.10. The number of nitrogens with one attached hydrogen (secondary N) is 2. The zero-order chi connectivity index (χ0) is 14.1. The molecule has 2 N–H and O–H groups in total. The van der Waals surface area contributed by atoms with Gasteiger partial charge in [-0.25, -0.2) is 4.39 Å². The molecule has 0 bridgehead atoms. The predicted octanol–water partition coefficient (Wildman–Crippen LogP) is 1.55. The largest absolute Gasteiger partial charge is 0.496 e. The topological polar surface area (TPSA) is 42.5 Å². The van der Waals surface area contributed by atoms with Gasteiger partial charge in [0.05, 0.1) is 13.7 Å². The fourth-order valence-electron chi connectivity index (χ4n) is 1.74. The Morgan fingerprint density at radius 3 is 2.79 bits per heavy atom. The van der Waals surface area contributed by atoms with E-state index in [-0.39, 0.29) is 11.9 Å². The van der Waals surface area contributed by atoms with Gasteiger partial charge in [-0.1, -0.05) is 6.07 Å². The molecule has 19 heavy (non-hydrogen) atoms. The van der Waals surface area contributed by atoms with Crippen LogP contribution in [0.1, 0.15) is 12.5 Å². The lowest BCUT2D eigenvalue weighted by molar-refractivity contribution is 0.198. The minimum Gasteiger partial charge on any atom is -0.496 e. The van der Waals surface area contributed by atoms with Crippen LogP contribution in [-0.2, 0) is 11.3 Å². The van der Waals surface area contributed by atoms with Gasteiger partial charge in [0.25, 0.3) is 0 Å². The van der Waals surface area contributed by atoms with Crippen LogP contribution in [0.5, 0.6) is 5.75 Å². The Hall–Kier alpha value is -1.17. The third-order valence-corrected chi connectivity index (χ3v) is 2.86. The number of hydrogen-bond donors (Lipinski definition) is 2. The van der Waals surface area contributed by atoms with E-state index in [1.807, 2.05) is 6.92 Å². The molecule has 0 radical (unpaired) electrons. The van der Waals surface area contributed by atoms with Gasteiger partial charge in [0.1, 0.15) is 11.6 Å². The Morgan fingerprint density at radius 2 is 2.11 bits per heavy atom. The molecule has 0 fully saturated rings. The van der Waals surface area contributed by atoms with Crippen LogP contribution in [0.25, 0.3) is 0 Å². The number of hydrogen-bond acceptors (Lipinski definition) is 4. The smallest absolute Gasteiger partial charge is 0.131 e. The highest BCUT2D eigenvalue weighted by Crippen LogP contribution is 2.20. The molecule has 0 saturated heterocycles. The second-order valence-corrected chi connectivity index (χ2v) is 4.40. The summed E-state index contributed by atoms with van der Waals surface area (Å²) >= 11 is 0. The summed E-state index contributed by atoms with van der Waals surface area (Å²) in [5.74, 6) is 0.332. The van der Waals surface area contributed by atoms with E-state index in [2.05, 4.69) is 10.6 Å². The van der Waals surface area contributed by atoms with E-state index >= 15 is 0 Å². The minimum absolute atomic E-state index is 0.237. The highest BCUT2D eigenvalue weighted by molar-refractivity contribution is 5.34. The van der Waals surface area contributed by atoms with Gasteiger partial charge < -0.3 is 20.1 Å². The molecule has 4 nitrogen and oxygen atoms in total. The quantitative estimate of drug-likeness (QED) is 0.668. The van der Waals surface area contributed by atoms with Crippen LogP contribution in [0.4, 0.5) is 4.39 Å². The first-order valence-electron chi connectivity index (χ1n) is 6.43. The number of benzene rings is 1. The number of ether oxygens (including phenoxy) is 2. The van der Waals surface area contributed by atoms with E-state index < -0.39 is 0 Å². The zero-order valence-electron chi connectivity index (χ0n) is 11.8. The highest BCUT2D eigenvalue weighted by atomic mass is 19.1. The van der Waals surface area contributed by atoms with Crippen molar-refractivity contribution in [1.29, 1.82) is 0 Å². The second-order valence-electron chi connectivity index (χ2n) is 4.40. The molecule has 0 saturated carbocycles. The van der Waals surface area contributed by atoms with Crippen molar-refractivity contribution in [1.82, 2.24) is 10.6 Å². The molecule has 5 heteroatoms. The van der Waals surface area contributed by atoms with Gasteiger partial charge >= 0.3 is 0 Å². The standard InChI is InChI=1S/C14H23FN2O2/c1-11(9-16-7-8-18-2)17-10-12-13(15)5-4-6-14(12)19-3/h4-6,11,16-17H,7-10H2,1-3H3. The van der Waals surface area contributed by atoms with Crippen molar-refractivity contribution in [3.63, 3.8) is 0 Å². The molecule has 0 amide bonds. The average molecular weight is 270 g/mol. The molecule has 108 valence electrons. The molecule has 0 aromatic heterocycles. The number of halogens is 1. The molecular formula is C14H23FN2O2. The molecule has 0 heterocycles. The maximum absolute atomic E-state index is 13.7. The Morgan fingerprint density at radius 1 is 1.32 bits per heavy atom. The summed E-state index contributed by atoms with van der Waals surface area (Å²) in [5, 5.41) is 6.52. The number of rotatable bonds is 9. The maximum Gasteiger partial charge on any atom is 0.131 e. The molecule has 1 aromatic rings. The Labute approximate surface area is 114 Å². The summed E-state index contributed by atoms with van der Waals surface area (Å²) in [5.41, 5.74) is 0.564. The summed E-state index contributed by atoms with van der Waals surface area (Å²) in [6.45, 7) is 4.80. The lowest BCUT2D eigenvalue weighted by atomic mass is 10.1. The Bertz CT molecular complexity index is 374. The van der Waals surface area contributed by atoms with E-state index in [0.717, 1.165) is 13.1 Å². The first-order valence-corrected chi connectivity index (χ1v) is 6.43. The summed E-state index contributed by atoms with van der Waals surface area (Å²) in [6.07, 6.45) is 0. The predicted molar refractivity (Wildman–Crippen MR) is 74.0 cm³/mol. The fraction of sp³-hybridized carbons (Fsp3) is 0.571. The van der Waals surface area contributed by atoms with Gasteiger partial charge in [-0.05, 0) is 19.1 Å². The Balaban J connectivity index is 2.39. The van der Waals surface area contributed by atoms with Crippen molar-refractivity contribution in [2.24, 2.45) is 0 Å². The van der Waals surface area contributed by atoms with Gasteiger partial charge in [-0.3, -0.25) is 0 Å². The van der Waals surface area contributed by atoms with Crippen LogP contribution < -0.4 is 15.4 Å². The fourth-order valence-corrected chi connectivity index (χ4v) is 1.74. The first-order chi connectivity index (χ1) is 9.19. The van der Waals surface area contributed by atoms with E-state index in [1.54, 1.807) is 26.4 Å². The average Bonchev–Trinajstić information content (AvgIpc) is 2.42. The SMILES string of the molecule is COCCNCC(C)NCc1c(F)cccc1OC. The molecular weight excluding hydrogens is 247 g/mol. The molecule has 0 aliphatic heterocycles. The molecule has 1 rings (SSSR count). The van der Waals surface area contributed by atoms with Crippen molar-refractivity contribution in [2.75, 3.05) is 33.9 Å². The monoisotopic (exact) mass is 270 g/mol. The van der Waals surface area contributed by atoms with Crippen molar-refractivity contribution in [3.8, 4) is 5.75 Å². The summed E-state index contributed by atoms with van der Waals surface area (Å²) < 4.78 is 23.8. The van der Waals surface area contributed by atoms with Gasteiger partial charge in [0.2, 0.25) is 0 Å². The molecule has 1 unspecified atom stereocenters. The third kappa shape index (κ3) is 5.55. The molecule has 0 aliphatic carbocycles. The van der Waals surface area contributed by atoms with Crippen LogP contribution in [0.15, 0.2) is 18.2 Å². The molecule has 1 atom stereocenters. The normalized spacial score (nSPS) is 12.4. The molecule has 0 spiro atoms. The van der Waals surface area contributed by atoms with Gasteiger partial charge in [0.15, 0.2) is 0 Å². The lowest BCUT2D eigenvalue weighted by Crippen LogP contribution is -2.37. The van der Waals surface area contributed by atoms with Crippen LogP contribution in [0, 0.1) is 5.82 Å².